The fraction of sp³-hybridized carbons (Fsp3) is 0.545. The molecule has 0 spiro atoms. The van der Waals surface area contributed by atoms with Crippen LogP contribution in [0.3, 0.4) is 0 Å². The normalized spacial score (nSPS) is 13.3. The van der Waals surface area contributed by atoms with Crippen LogP contribution < -0.4 is 5.73 Å². The standard InChI is InChI=1S/C11H17N5O/c1-6(2)9(12)10-13-11(17-15-10)8-5-16(4)14-7(8)3/h5-6,9H,12H2,1-4H3. The maximum Gasteiger partial charge on any atom is 0.261 e. The first kappa shape index (κ1) is 11.8. The summed E-state index contributed by atoms with van der Waals surface area (Å²) in [6.07, 6.45) is 1.85. The van der Waals surface area contributed by atoms with E-state index in [9.17, 15) is 0 Å². The van der Waals surface area contributed by atoms with Crippen LogP contribution in [0.4, 0.5) is 0 Å². The molecular weight excluding hydrogens is 218 g/mol. The SMILES string of the molecule is Cc1nn(C)cc1-c1nc(C(N)C(C)C)no1. The highest BCUT2D eigenvalue weighted by Gasteiger charge is 2.19. The lowest BCUT2D eigenvalue weighted by atomic mass is 10.1. The molecule has 0 bridgehead atoms. The Balaban J connectivity index is 2.33. The van der Waals surface area contributed by atoms with Gasteiger partial charge in [0.05, 0.1) is 17.3 Å². The van der Waals surface area contributed by atoms with Crippen molar-refractivity contribution in [1.29, 1.82) is 0 Å². The van der Waals surface area contributed by atoms with E-state index < -0.39 is 0 Å². The zero-order chi connectivity index (χ0) is 12.6. The summed E-state index contributed by atoms with van der Waals surface area (Å²) in [5.41, 5.74) is 7.68. The molecule has 2 aromatic rings. The van der Waals surface area contributed by atoms with E-state index in [0.29, 0.717) is 11.7 Å². The number of hydrogen-bond acceptors (Lipinski definition) is 5. The largest absolute Gasteiger partial charge is 0.334 e. The van der Waals surface area contributed by atoms with Crippen molar-refractivity contribution in [3.05, 3.63) is 17.7 Å². The predicted octanol–water partition coefficient (Wildman–Crippen LogP) is 1.43. The predicted molar refractivity (Wildman–Crippen MR) is 63.0 cm³/mol. The van der Waals surface area contributed by atoms with Gasteiger partial charge in [-0.05, 0) is 12.8 Å². The van der Waals surface area contributed by atoms with Crippen LogP contribution in [-0.4, -0.2) is 19.9 Å². The zero-order valence-corrected chi connectivity index (χ0v) is 10.5. The molecule has 2 heterocycles. The molecule has 92 valence electrons. The third-order valence-electron chi connectivity index (χ3n) is 2.70. The molecule has 0 aliphatic carbocycles. The van der Waals surface area contributed by atoms with Crippen LogP contribution in [0.15, 0.2) is 10.7 Å². The van der Waals surface area contributed by atoms with Gasteiger partial charge in [0.2, 0.25) is 0 Å². The molecule has 0 amide bonds. The molecule has 2 N–H and O–H groups in total. The Kier molecular flexibility index (Phi) is 2.97. The third kappa shape index (κ3) is 2.21. The molecule has 0 saturated carbocycles. The van der Waals surface area contributed by atoms with E-state index in [4.69, 9.17) is 10.3 Å². The lowest BCUT2D eigenvalue weighted by Gasteiger charge is -2.09. The lowest BCUT2D eigenvalue weighted by Crippen LogP contribution is -2.18. The van der Waals surface area contributed by atoms with Crippen LogP contribution in [0.2, 0.25) is 0 Å². The van der Waals surface area contributed by atoms with Gasteiger partial charge in [0.1, 0.15) is 0 Å². The number of rotatable bonds is 3. The summed E-state index contributed by atoms with van der Waals surface area (Å²) in [6, 6.07) is -0.204. The van der Waals surface area contributed by atoms with E-state index in [1.807, 2.05) is 34.0 Å². The lowest BCUT2D eigenvalue weighted by molar-refractivity contribution is 0.400. The first-order valence-electron chi connectivity index (χ1n) is 5.59. The van der Waals surface area contributed by atoms with Gasteiger partial charge in [-0.25, -0.2) is 0 Å². The Labute approximate surface area is 99.8 Å². The molecule has 6 heteroatoms. The highest BCUT2D eigenvalue weighted by Crippen LogP contribution is 2.23. The monoisotopic (exact) mass is 235 g/mol. The van der Waals surface area contributed by atoms with Crippen molar-refractivity contribution in [3.63, 3.8) is 0 Å². The molecule has 0 aliphatic rings. The topological polar surface area (TPSA) is 82.8 Å². The van der Waals surface area contributed by atoms with E-state index in [0.717, 1.165) is 11.3 Å². The summed E-state index contributed by atoms with van der Waals surface area (Å²) < 4.78 is 6.94. The number of nitrogens with two attached hydrogens (primary N) is 1. The summed E-state index contributed by atoms with van der Waals surface area (Å²) in [6.45, 7) is 5.95. The molecular formula is C11H17N5O. The van der Waals surface area contributed by atoms with E-state index >= 15 is 0 Å². The zero-order valence-electron chi connectivity index (χ0n) is 10.5. The van der Waals surface area contributed by atoms with Crippen LogP contribution >= 0.6 is 0 Å². The fourth-order valence-electron chi connectivity index (χ4n) is 1.59. The van der Waals surface area contributed by atoms with Gasteiger partial charge in [-0.2, -0.15) is 10.1 Å². The third-order valence-corrected chi connectivity index (χ3v) is 2.70. The maximum absolute atomic E-state index is 5.97. The van der Waals surface area contributed by atoms with Gasteiger partial charge < -0.3 is 10.3 Å². The van der Waals surface area contributed by atoms with Crippen LogP contribution in [-0.2, 0) is 7.05 Å². The van der Waals surface area contributed by atoms with Crippen LogP contribution in [0.5, 0.6) is 0 Å². The molecule has 1 atom stereocenters. The maximum atomic E-state index is 5.97. The van der Waals surface area contributed by atoms with Gasteiger partial charge in [-0.15, -0.1) is 0 Å². The highest BCUT2D eigenvalue weighted by molar-refractivity contribution is 5.54. The van der Waals surface area contributed by atoms with Crippen molar-refractivity contribution >= 4 is 0 Å². The van der Waals surface area contributed by atoms with Gasteiger partial charge in [0, 0.05) is 13.2 Å². The number of nitrogens with zero attached hydrogens (tertiary/aromatic N) is 4. The molecule has 6 nitrogen and oxygen atoms in total. The molecule has 0 radical (unpaired) electrons. The van der Waals surface area contributed by atoms with Crippen molar-refractivity contribution in [3.8, 4) is 11.5 Å². The van der Waals surface area contributed by atoms with Crippen LogP contribution in [0.25, 0.3) is 11.5 Å². The Morgan fingerprint density at radius 1 is 1.41 bits per heavy atom. The van der Waals surface area contributed by atoms with Gasteiger partial charge in [0.25, 0.3) is 5.89 Å². The summed E-state index contributed by atoms with van der Waals surface area (Å²) in [5.74, 6) is 1.29. The average Bonchev–Trinajstić information content (AvgIpc) is 2.83. The Morgan fingerprint density at radius 2 is 2.12 bits per heavy atom. The minimum Gasteiger partial charge on any atom is -0.334 e. The first-order chi connectivity index (χ1) is 7.99. The van der Waals surface area contributed by atoms with Gasteiger partial charge in [0.15, 0.2) is 5.82 Å². The molecule has 0 saturated heterocycles. The van der Waals surface area contributed by atoms with E-state index in [-0.39, 0.29) is 12.0 Å². The van der Waals surface area contributed by atoms with Crippen molar-refractivity contribution in [2.75, 3.05) is 0 Å². The fourth-order valence-corrected chi connectivity index (χ4v) is 1.59. The van der Waals surface area contributed by atoms with Crippen LogP contribution in [0, 0.1) is 12.8 Å². The van der Waals surface area contributed by atoms with Crippen molar-refractivity contribution in [2.45, 2.75) is 26.8 Å². The Hall–Kier alpha value is -1.69. The Bertz CT molecular complexity index is 514. The summed E-state index contributed by atoms with van der Waals surface area (Å²) in [7, 11) is 1.85. The van der Waals surface area contributed by atoms with Crippen molar-refractivity contribution < 1.29 is 4.52 Å². The van der Waals surface area contributed by atoms with Gasteiger partial charge >= 0.3 is 0 Å². The molecule has 0 aromatic carbocycles. The van der Waals surface area contributed by atoms with E-state index in [1.54, 1.807) is 4.68 Å². The van der Waals surface area contributed by atoms with Crippen molar-refractivity contribution in [1.82, 2.24) is 19.9 Å². The first-order valence-corrected chi connectivity index (χ1v) is 5.59. The number of aromatic nitrogens is 4. The summed E-state index contributed by atoms with van der Waals surface area (Å²) in [4.78, 5) is 4.32. The smallest absolute Gasteiger partial charge is 0.261 e. The molecule has 2 rings (SSSR count). The molecule has 0 aliphatic heterocycles. The van der Waals surface area contributed by atoms with Gasteiger partial charge in [-0.3, -0.25) is 4.68 Å². The second-order valence-electron chi connectivity index (χ2n) is 4.53. The van der Waals surface area contributed by atoms with Crippen molar-refractivity contribution in [2.24, 2.45) is 18.7 Å². The molecule has 1 unspecified atom stereocenters. The summed E-state index contributed by atoms with van der Waals surface area (Å²) in [5, 5.41) is 8.15. The molecule has 17 heavy (non-hydrogen) atoms. The second-order valence-corrected chi connectivity index (χ2v) is 4.53. The summed E-state index contributed by atoms with van der Waals surface area (Å²) >= 11 is 0. The van der Waals surface area contributed by atoms with Crippen LogP contribution in [0.1, 0.15) is 31.4 Å². The molecule has 2 aromatic heterocycles. The average molecular weight is 235 g/mol. The minimum atomic E-state index is -0.204. The highest BCUT2D eigenvalue weighted by atomic mass is 16.5. The second kappa shape index (κ2) is 4.29. The van der Waals surface area contributed by atoms with E-state index in [2.05, 4.69) is 15.2 Å². The quantitative estimate of drug-likeness (QED) is 0.870. The molecule has 0 fully saturated rings. The Morgan fingerprint density at radius 3 is 2.65 bits per heavy atom. The van der Waals surface area contributed by atoms with E-state index in [1.165, 1.54) is 0 Å². The minimum absolute atomic E-state index is 0.204. The van der Waals surface area contributed by atoms with Gasteiger partial charge in [-0.1, -0.05) is 19.0 Å². The number of aryl methyl sites for hydroxylation is 2. The number of hydrogen-bond donors (Lipinski definition) is 1.